The van der Waals surface area contributed by atoms with Crippen molar-refractivity contribution < 1.29 is 27.8 Å². The molecule has 0 aromatic heterocycles. The van der Waals surface area contributed by atoms with Gasteiger partial charge < -0.3 is 14.7 Å². The number of aliphatic hydroxyl groups excluding tert-OH is 1. The summed E-state index contributed by atoms with van der Waals surface area (Å²) in [4.78, 5) is 14.4. The van der Waals surface area contributed by atoms with Crippen molar-refractivity contribution in [1.82, 2.24) is 0 Å². The van der Waals surface area contributed by atoms with E-state index in [0.29, 0.717) is 37.9 Å². The molecule has 1 aliphatic carbocycles. The van der Waals surface area contributed by atoms with Crippen molar-refractivity contribution in [3.8, 4) is 5.75 Å². The lowest BCUT2D eigenvalue weighted by atomic mass is 9.72. The maximum absolute atomic E-state index is 12.7. The third-order valence-electron chi connectivity index (χ3n) is 4.81. The van der Waals surface area contributed by atoms with E-state index in [9.17, 15) is 23.1 Å². The van der Waals surface area contributed by atoms with E-state index in [1.807, 2.05) is 0 Å². The molecular formula is C16H18F3NO3. The Morgan fingerprint density at radius 1 is 1.13 bits per heavy atom. The van der Waals surface area contributed by atoms with E-state index in [1.165, 1.54) is 24.3 Å². The Bertz CT molecular complexity index is 577. The zero-order chi connectivity index (χ0) is 16.7. The number of alkyl halides is 3. The first-order valence-corrected chi connectivity index (χ1v) is 7.65. The second-order valence-electron chi connectivity index (χ2n) is 6.26. The lowest BCUT2D eigenvalue weighted by molar-refractivity contribution is -0.274. The van der Waals surface area contributed by atoms with Crippen molar-refractivity contribution in [3.05, 3.63) is 24.3 Å². The Hall–Kier alpha value is -1.76. The molecule has 4 nitrogen and oxygen atoms in total. The lowest BCUT2D eigenvalue weighted by Crippen LogP contribution is -2.38. The molecule has 1 spiro atoms. The fraction of sp³-hybridized carbons (Fsp3) is 0.562. The smallest absolute Gasteiger partial charge is 0.406 e. The van der Waals surface area contributed by atoms with Crippen molar-refractivity contribution in [2.24, 2.45) is 5.41 Å². The van der Waals surface area contributed by atoms with E-state index >= 15 is 0 Å². The molecular weight excluding hydrogens is 311 g/mol. The second-order valence-corrected chi connectivity index (χ2v) is 6.26. The fourth-order valence-electron chi connectivity index (χ4n) is 3.51. The van der Waals surface area contributed by atoms with Gasteiger partial charge in [0.15, 0.2) is 0 Å². The fourth-order valence-corrected chi connectivity index (χ4v) is 3.51. The SMILES string of the molecule is O=C1N(c2ccc(OC(F)(F)F)cc2)CC[C@]12CC[C@H](O)CC2. The number of hydrogen-bond donors (Lipinski definition) is 1. The van der Waals surface area contributed by atoms with Crippen molar-refractivity contribution in [2.45, 2.75) is 44.6 Å². The summed E-state index contributed by atoms with van der Waals surface area (Å²) in [5.41, 5.74) is 0.160. The van der Waals surface area contributed by atoms with Crippen LogP contribution in [0.1, 0.15) is 32.1 Å². The number of anilines is 1. The van der Waals surface area contributed by atoms with Gasteiger partial charge in [-0.15, -0.1) is 13.2 Å². The highest BCUT2D eigenvalue weighted by molar-refractivity contribution is 6.00. The molecule has 1 saturated heterocycles. The van der Waals surface area contributed by atoms with E-state index in [1.54, 1.807) is 4.90 Å². The molecule has 0 unspecified atom stereocenters. The van der Waals surface area contributed by atoms with Gasteiger partial charge in [0, 0.05) is 12.2 Å². The van der Waals surface area contributed by atoms with E-state index < -0.39 is 11.8 Å². The van der Waals surface area contributed by atoms with Gasteiger partial charge in [0.1, 0.15) is 5.75 Å². The van der Waals surface area contributed by atoms with E-state index in [4.69, 9.17) is 0 Å². The highest BCUT2D eigenvalue weighted by atomic mass is 19.4. The van der Waals surface area contributed by atoms with Gasteiger partial charge in [0.2, 0.25) is 5.91 Å². The van der Waals surface area contributed by atoms with Crippen LogP contribution in [0.4, 0.5) is 18.9 Å². The zero-order valence-corrected chi connectivity index (χ0v) is 12.5. The molecule has 2 fully saturated rings. The third kappa shape index (κ3) is 3.29. The van der Waals surface area contributed by atoms with Crippen LogP contribution in [0.3, 0.4) is 0 Å². The van der Waals surface area contributed by atoms with Gasteiger partial charge in [0.25, 0.3) is 0 Å². The molecule has 1 heterocycles. The van der Waals surface area contributed by atoms with Crippen LogP contribution in [0.25, 0.3) is 0 Å². The Morgan fingerprint density at radius 2 is 1.74 bits per heavy atom. The van der Waals surface area contributed by atoms with Crippen LogP contribution in [0, 0.1) is 5.41 Å². The number of halogens is 3. The Kier molecular flexibility index (Phi) is 4.00. The molecule has 1 N–H and O–H groups in total. The largest absolute Gasteiger partial charge is 0.573 e. The molecule has 1 saturated carbocycles. The number of rotatable bonds is 2. The number of aliphatic hydroxyl groups is 1. The van der Waals surface area contributed by atoms with Gasteiger partial charge >= 0.3 is 6.36 Å². The van der Waals surface area contributed by atoms with Crippen LogP contribution >= 0.6 is 0 Å². The number of amides is 1. The first-order valence-electron chi connectivity index (χ1n) is 7.65. The topological polar surface area (TPSA) is 49.8 Å². The normalized spacial score (nSPS) is 28.4. The number of nitrogens with zero attached hydrogens (tertiary/aromatic N) is 1. The van der Waals surface area contributed by atoms with Gasteiger partial charge in [-0.3, -0.25) is 4.79 Å². The van der Waals surface area contributed by atoms with Crippen LogP contribution < -0.4 is 9.64 Å². The summed E-state index contributed by atoms with van der Waals surface area (Å²) >= 11 is 0. The molecule has 2 aliphatic rings. The monoisotopic (exact) mass is 329 g/mol. The van der Waals surface area contributed by atoms with Crippen molar-refractivity contribution in [3.63, 3.8) is 0 Å². The lowest BCUT2D eigenvalue weighted by Gasteiger charge is -2.33. The van der Waals surface area contributed by atoms with Crippen molar-refractivity contribution in [2.75, 3.05) is 11.4 Å². The standard InChI is InChI=1S/C16H18F3NO3/c17-16(18,19)23-13-3-1-11(2-4-13)20-10-9-15(14(20)22)7-5-12(21)6-8-15/h1-4,12,21H,5-10H2/t12-,15+. The molecule has 23 heavy (non-hydrogen) atoms. The van der Waals surface area contributed by atoms with Crippen molar-refractivity contribution >= 4 is 11.6 Å². The predicted molar refractivity (Wildman–Crippen MR) is 77.0 cm³/mol. The minimum Gasteiger partial charge on any atom is -0.406 e. The molecule has 3 rings (SSSR count). The highest BCUT2D eigenvalue weighted by Crippen LogP contribution is 2.46. The molecule has 1 aromatic rings. The summed E-state index contributed by atoms with van der Waals surface area (Å²) in [7, 11) is 0. The quantitative estimate of drug-likeness (QED) is 0.906. The minimum absolute atomic E-state index is 0.00823. The maximum atomic E-state index is 12.7. The van der Waals surface area contributed by atoms with Crippen LogP contribution in [-0.4, -0.2) is 30.0 Å². The first-order chi connectivity index (χ1) is 10.8. The van der Waals surface area contributed by atoms with Crippen LogP contribution in [0.15, 0.2) is 24.3 Å². The number of ether oxygens (including phenoxy) is 1. The van der Waals surface area contributed by atoms with Crippen LogP contribution in [0.2, 0.25) is 0 Å². The summed E-state index contributed by atoms with van der Waals surface area (Å²) in [5, 5.41) is 9.61. The average molecular weight is 329 g/mol. The molecule has 1 amide bonds. The summed E-state index contributed by atoms with van der Waals surface area (Å²) in [6.45, 7) is 0.550. The van der Waals surface area contributed by atoms with Gasteiger partial charge in [0.05, 0.1) is 11.5 Å². The number of hydrogen-bond acceptors (Lipinski definition) is 3. The number of carbonyl (C=O) groups is 1. The van der Waals surface area contributed by atoms with Crippen LogP contribution in [-0.2, 0) is 4.79 Å². The van der Waals surface area contributed by atoms with E-state index in [-0.39, 0.29) is 17.8 Å². The molecule has 0 bridgehead atoms. The molecule has 1 aliphatic heterocycles. The summed E-state index contributed by atoms with van der Waals surface area (Å²) in [6, 6.07) is 5.36. The van der Waals surface area contributed by atoms with E-state index in [0.717, 1.165) is 6.42 Å². The maximum Gasteiger partial charge on any atom is 0.573 e. The first kappa shape index (κ1) is 16.1. The Labute approximate surface area is 131 Å². The van der Waals surface area contributed by atoms with E-state index in [2.05, 4.69) is 4.74 Å². The minimum atomic E-state index is -4.72. The highest BCUT2D eigenvalue weighted by Gasteiger charge is 2.48. The summed E-state index contributed by atoms with van der Waals surface area (Å²) < 4.78 is 40.3. The van der Waals surface area contributed by atoms with Crippen LogP contribution in [0.5, 0.6) is 5.75 Å². The molecule has 126 valence electrons. The van der Waals surface area contributed by atoms with Crippen molar-refractivity contribution in [1.29, 1.82) is 0 Å². The molecule has 1 aromatic carbocycles. The zero-order valence-electron chi connectivity index (χ0n) is 12.5. The number of benzene rings is 1. The summed E-state index contributed by atoms with van der Waals surface area (Å²) in [6.07, 6.45) is -1.76. The predicted octanol–water partition coefficient (Wildman–Crippen LogP) is 3.24. The summed E-state index contributed by atoms with van der Waals surface area (Å²) in [5.74, 6) is -0.294. The molecule has 0 radical (unpaired) electrons. The second kappa shape index (κ2) is 5.70. The Morgan fingerprint density at radius 3 is 2.30 bits per heavy atom. The number of carbonyl (C=O) groups excluding carboxylic acids is 1. The van der Waals surface area contributed by atoms with Gasteiger partial charge in [-0.25, -0.2) is 0 Å². The molecule has 7 heteroatoms. The Balaban J connectivity index is 1.72. The van der Waals surface area contributed by atoms with Gasteiger partial charge in [-0.1, -0.05) is 0 Å². The van der Waals surface area contributed by atoms with Gasteiger partial charge in [-0.05, 0) is 56.4 Å². The molecule has 0 atom stereocenters. The van der Waals surface area contributed by atoms with Gasteiger partial charge in [-0.2, -0.15) is 0 Å². The third-order valence-corrected chi connectivity index (χ3v) is 4.81. The average Bonchev–Trinajstić information content (AvgIpc) is 2.79.